The molecule has 4 saturated heterocycles. The third kappa shape index (κ3) is 18.9. The molecule has 8 aromatic heterocycles. The van der Waals surface area contributed by atoms with E-state index in [-0.39, 0.29) is 55.6 Å². The Morgan fingerprint density at radius 2 is 0.718 bits per heavy atom. The Bertz CT molecular complexity index is 4510. The summed E-state index contributed by atoms with van der Waals surface area (Å²) in [6.45, 7) is 20.3. The number of aromatic amines is 4. The predicted molar refractivity (Wildman–Crippen MR) is 408 cm³/mol. The van der Waals surface area contributed by atoms with Crippen LogP contribution in [0.1, 0.15) is 99.5 Å². The molecule has 12 N–H and O–H groups in total. The number of nitrogens with zero attached hydrogens (tertiary/aromatic N) is 12. The monoisotopic (exact) mass is 1600 g/mol. The van der Waals surface area contributed by atoms with Gasteiger partial charge in [-0.2, -0.15) is 9.37 Å². The number of aliphatic hydroxyl groups is 8. The fourth-order valence-corrected chi connectivity index (χ4v) is 17.0. The van der Waals surface area contributed by atoms with Gasteiger partial charge in [0.25, 0.3) is 28.3 Å². The van der Waals surface area contributed by atoms with E-state index in [1.54, 1.807) is 32.3 Å². The van der Waals surface area contributed by atoms with Crippen molar-refractivity contribution in [3.8, 4) is 0 Å². The number of aliphatic hydroxyl groups excluding tert-OH is 8. The highest BCUT2D eigenvalue weighted by Gasteiger charge is 2.49. The Morgan fingerprint density at radius 3 is 1.07 bits per heavy atom. The largest absolute Gasteiger partial charge is 0.388 e. The summed E-state index contributed by atoms with van der Waals surface area (Å²) in [6.07, 6.45) is 8.57. The molecule has 32 nitrogen and oxygen atoms in total. The Morgan fingerprint density at radius 1 is 0.437 bits per heavy atom. The first-order valence-corrected chi connectivity index (χ1v) is 46.9. The third-order valence-electron chi connectivity index (χ3n) is 17.8. The molecule has 4 unspecified atom stereocenters. The molecular formula is C64H97BrClFN16O16P4. The van der Waals surface area contributed by atoms with E-state index in [1.165, 1.54) is 9.13 Å². The fraction of sp³-hybridized carbons (Fsp3) is 0.625. The highest BCUT2D eigenvalue weighted by Crippen LogP contribution is 2.45. The molecule has 0 aliphatic carbocycles. The van der Waals surface area contributed by atoms with Crippen molar-refractivity contribution in [3.05, 3.63) is 86.6 Å². The van der Waals surface area contributed by atoms with Crippen LogP contribution in [0, 0.1) is 33.8 Å². The first kappa shape index (κ1) is 81.9. The molecule has 8 aromatic rings. The van der Waals surface area contributed by atoms with Crippen LogP contribution in [0.3, 0.4) is 0 Å². The van der Waals surface area contributed by atoms with E-state index in [0.29, 0.717) is 71.4 Å². The Hall–Kier alpha value is -5.18. The predicted octanol–water partition coefficient (Wildman–Crippen LogP) is 3.48. The molecule has 0 radical (unpaired) electrons. The van der Waals surface area contributed by atoms with Crippen molar-refractivity contribution in [2.75, 3.05) is 78.0 Å². The van der Waals surface area contributed by atoms with Gasteiger partial charge in [-0.3, -0.25) is 37.4 Å². The SMILES string of the molecule is C=P(C)(C)CC[C@H]1OC(n2c(Br)nc3c(=O)[nH]c(C)nc32)[C@H](O)[C@@H]1O.C=P(C)(C)CC[C@H]1OC(n2c(CCCC)nc3c(=O)[nH]c(C)nc32)[C@H](O)[C@@H]1O.C=P(C)(C)CC[C@H]1OC(n2c(Cl)nc3c(=O)[nH]c(C)nc32)[C@H](O)[C@@H]1O.C=P(C)(C)CC[C@H]1OC(n2c(F)nc3c(=O)[nH]c(C)nc32)[C@H](O)[C@@H]1O. The number of rotatable bonds is 19. The second-order valence-electron chi connectivity index (χ2n) is 29.5. The Balaban J connectivity index is 0.000000160. The van der Waals surface area contributed by atoms with Crippen LogP contribution in [0.25, 0.3) is 44.7 Å². The fourth-order valence-electron chi connectivity index (χ4n) is 12.4. The van der Waals surface area contributed by atoms with Crippen LogP contribution in [-0.4, -0.2) is 295 Å². The molecule has 39 heteroatoms. The standard InChI is InChI=1S/C19H31N4O4P.C15H22BrN4O4P.C15H22ClN4O4P.C15H22FN4O4P/c1-6-7-8-13-22-14-17(20-11(2)21-18(14)26)23(13)19-16(25)15(24)12(27-19)9-10-28(3,4)5;3*1-7-17-12-9(13(23)18-7)19-15(16)20(12)14-11(22)10(21)8(24-14)5-6-25(2,3)4/h12,15-16,19,24-25H,3,6-10H2,1-2,4-5H3,(H,20,21,26);3*8,10-11,14,21-22H,2,5-6H2,1,3-4H3,(H,17,18,23)/t12-,15-,16-,19?;3*8-,10-,11-,14?/m1111/s1. The Labute approximate surface area is 606 Å². The second-order valence-corrected chi connectivity index (χ2v) is 47.8. The van der Waals surface area contributed by atoms with E-state index in [2.05, 4.69) is 161 Å². The molecule has 4 aliphatic rings. The van der Waals surface area contributed by atoms with Crippen LogP contribution in [0.2, 0.25) is 5.28 Å². The van der Waals surface area contributed by atoms with E-state index in [1.807, 2.05) is 0 Å². The van der Waals surface area contributed by atoms with Crippen molar-refractivity contribution < 1.29 is 64.2 Å². The maximum atomic E-state index is 14.4. The summed E-state index contributed by atoms with van der Waals surface area (Å²) in [5.74, 6) is 2.21. The molecule has 4 fully saturated rings. The van der Waals surface area contributed by atoms with Gasteiger partial charge in [0.15, 0.2) is 74.3 Å². The lowest BCUT2D eigenvalue weighted by atomic mass is 10.1. The number of halogens is 3. The van der Waals surface area contributed by atoms with Gasteiger partial charge in [0.05, 0.1) is 24.4 Å². The number of aryl methyl sites for hydroxylation is 5. The van der Waals surface area contributed by atoms with E-state index in [0.717, 1.165) is 42.1 Å². The summed E-state index contributed by atoms with van der Waals surface area (Å²) in [5.41, 5.74) is -0.535. The number of unbranched alkanes of at least 4 members (excludes halogenated alkanes) is 1. The third-order valence-corrected chi connectivity index (χ3v) is 24.5. The van der Waals surface area contributed by atoms with Gasteiger partial charge in [-0.05, 0) is 165 Å². The van der Waals surface area contributed by atoms with Crippen molar-refractivity contribution in [1.82, 2.24) is 78.1 Å². The molecule has 0 saturated carbocycles. The summed E-state index contributed by atoms with van der Waals surface area (Å²) in [7, 11) is 0. The van der Waals surface area contributed by atoms with Crippen LogP contribution in [0.15, 0.2) is 23.9 Å². The molecule has 16 atom stereocenters. The van der Waals surface area contributed by atoms with Crippen LogP contribution in [0.4, 0.5) is 4.39 Å². The summed E-state index contributed by atoms with van der Waals surface area (Å²) in [4.78, 5) is 91.9. The lowest BCUT2D eigenvalue weighted by molar-refractivity contribution is -0.0413. The minimum absolute atomic E-state index is 0.0272. The molecule has 570 valence electrons. The van der Waals surface area contributed by atoms with Gasteiger partial charge in [-0.25, -0.2) is 34.9 Å². The van der Waals surface area contributed by atoms with E-state index in [9.17, 15) is 64.4 Å². The zero-order valence-corrected chi connectivity index (χ0v) is 65.9. The van der Waals surface area contributed by atoms with E-state index >= 15 is 0 Å². The molecule has 0 spiro atoms. The maximum Gasteiger partial charge on any atom is 0.293 e. The minimum atomic E-state index is -1.36. The van der Waals surface area contributed by atoms with Crippen molar-refractivity contribution in [1.29, 1.82) is 0 Å². The normalized spacial score (nSPS) is 26.8. The number of imidazole rings is 4. The van der Waals surface area contributed by atoms with Crippen molar-refractivity contribution in [2.24, 2.45) is 0 Å². The molecule has 4 aliphatic heterocycles. The zero-order chi connectivity index (χ0) is 76.2. The van der Waals surface area contributed by atoms with Gasteiger partial charge in [-0.15, -0.1) is 52.7 Å². The summed E-state index contributed by atoms with van der Waals surface area (Å²) in [6, 6.07) is 0. The van der Waals surface area contributed by atoms with Gasteiger partial charge in [0, 0.05) is 6.42 Å². The van der Waals surface area contributed by atoms with Crippen molar-refractivity contribution in [3.63, 3.8) is 0 Å². The zero-order valence-electron chi connectivity index (χ0n) is 60.0. The Kier molecular flexibility index (Phi) is 25.7. The van der Waals surface area contributed by atoms with Gasteiger partial charge in [0.1, 0.15) is 78.0 Å². The molecule has 0 aromatic carbocycles. The first-order chi connectivity index (χ1) is 47.9. The summed E-state index contributed by atoms with van der Waals surface area (Å²) >= 11 is 9.46. The number of nitrogens with one attached hydrogen (secondary N) is 4. The summed E-state index contributed by atoms with van der Waals surface area (Å²) in [5, 5.41) is 83.5. The maximum absolute atomic E-state index is 14.4. The first-order valence-electron chi connectivity index (χ1n) is 33.5. The van der Waals surface area contributed by atoms with Gasteiger partial charge in [-0.1, -0.05) is 13.3 Å². The number of hydrogen-bond donors (Lipinski definition) is 12. The molecular weight excluding hydrogens is 1510 g/mol. The van der Waals surface area contributed by atoms with Gasteiger partial charge in [0.2, 0.25) is 5.28 Å². The lowest BCUT2D eigenvalue weighted by Gasteiger charge is -2.20. The molecule has 0 bridgehead atoms. The quantitative estimate of drug-likeness (QED) is 0.0407. The molecule has 12 heterocycles. The number of ether oxygens (including phenoxy) is 4. The molecule has 103 heavy (non-hydrogen) atoms. The minimum Gasteiger partial charge on any atom is -0.388 e. The van der Waals surface area contributed by atoms with E-state index < -0.39 is 143 Å². The molecule has 12 rings (SSSR count). The highest BCUT2D eigenvalue weighted by atomic mass is 79.9. The number of fused-ring (bicyclic) bond motifs is 4. The highest BCUT2D eigenvalue weighted by molar-refractivity contribution is 9.10. The smallest absolute Gasteiger partial charge is 0.293 e. The van der Waals surface area contributed by atoms with Gasteiger partial charge >= 0.3 is 0 Å². The lowest BCUT2D eigenvalue weighted by Crippen LogP contribution is -2.32. The second kappa shape index (κ2) is 32.3. The number of H-pyrrole nitrogens is 4. The number of aromatic nitrogens is 16. The average molecular weight is 1600 g/mol. The van der Waals surface area contributed by atoms with Gasteiger partial charge < -0.3 is 79.7 Å². The number of hydrogen-bond acceptors (Lipinski definition) is 24. The van der Waals surface area contributed by atoms with Crippen LogP contribution >= 0.6 is 55.1 Å². The van der Waals surface area contributed by atoms with Crippen molar-refractivity contribution >= 4 is 125 Å². The molecule has 0 amide bonds. The van der Waals surface area contributed by atoms with Crippen molar-refractivity contribution in [2.45, 2.75) is 178 Å². The van der Waals surface area contributed by atoms with E-state index in [4.69, 9.17) is 30.5 Å². The topological polar surface area (TPSA) is 453 Å². The van der Waals surface area contributed by atoms with Crippen LogP contribution < -0.4 is 22.2 Å². The summed E-state index contributed by atoms with van der Waals surface area (Å²) < 4.78 is 43.8. The van der Waals surface area contributed by atoms with Crippen LogP contribution in [0.5, 0.6) is 0 Å². The average Bonchev–Trinajstić information content (AvgIpc) is 1.63. The van der Waals surface area contributed by atoms with Crippen LogP contribution in [-0.2, 0) is 25.4 Å².